The summed E-state index contributed by atoms with van der Waals surface area (Å²) in [6.07, 6.45) is 0.377. The molecule has 0 amide bonds. The molecule has 0 saturated carbocycles. The average molecular weight is 314 g/mol. The van der Waals surface area contributed by atoms with Crippen LogP contribution in [0.1, 0.15) is 16.8 Å². The highest BCUT2D eigenvalue weighted by Crippen LogP contribution is 2.28. The highest BCUT2D eigenvalue weighted by atomic mass is 32.2. The first-order valence-corrected chi connectivity index (χ1v) is 7.98. The summed E-state index contributed by atoms with van der Waals surface area (Å²) < 4.78 is 27.4. The first kappa shape index (κ1) is 15.2. The molecule has 1 atom stereocenters. The minimum Gasteiger partial charge on any atom is -0.465 e. The second-order valence-electron chi connectivity index (χ2n) is 4.72. The number of methoxy groups -OCH3 is 1. The van der Waals surface area contributed by atoms with Gasteiger partial charge in [-0.2, -0.15) is 0 Å². The third kappa shape index (κ3) is 3.48. The Labute approximate surface area is 121 Å². The lowest BCUT2D eigenvalue weighted by molar-refractivity contribution is -0.384. The zero-order valence-electron chi connectivity index (χ0n) is 11.2. The van der Waals surface area contributed by atoms with E-state index in [1.54, 1.807) is 0 Å². The summed E-state index contributed by atoms with van der Waals surface area (Å²) in [5, 5.41) is 13.8. The molecule has 114 valence electrons. The number of nitro groups is 1. The van der Waals surface area contributed by atoms with E-state index in [9.17, 15) is 23.3 Å². The highest BCUT2D eigenvalue weighted by molar-refractivity contribution is 7.91. The molecule has 1 aliphatic heterocycles. The number of benzene rings is 1. The molecule has 8 nitrogen and oxygen atoms in total. The van der Waals surface area contributed by atoms with Crippen molar-refractivity contribution in [1.29, 1.82) is 0 Å². The molecule has 1 aliphatic rings. The first-order chi connectivity index (χ1) is 9.82. The molecule has 1 heterocycles. The molecule has 0 spiro atoms. The zero-order chi connectivity index (χ0) is 15.6. The summed E-state index contributed by atoms with van der Waals surface area (Å²) in [4.78, 5) is 21.9. The maximum absolute atomic E-state index is 11.5. The van der Waals surface area contributed by atoms with Gasteiger partial charge in [-0.05, 0) is 18.6 Å². The Morgan fingerprint density at radius 3 is 2.71 bits per heavy atom. The minimum atomic E-state index is -3.10. The molecule has 1 aromatic carbocycles. The smallest absolute Gasteiger partial charge is 0.337 e. The van der Waals surface area contributed by atoms with E-state index in [1.165, 1.54) is 25.3 Å². The average Bonchev–Trinajstić information content (AvgIpc) is 2.76. The fraction of sp³-hybridized carbons (Fsp3) is 0.417. The predicted octanol–water partition coefficient (Wildman–Crippen LogP) is 0.980. The quantitative estimate of drug-likeness (QED) is 0.500. The van der Waals surface area contributed by atoms with Gasteiger partial charge in [0.25, 0.3) is 5.69 Å². The van der Waals surface area contributed by atoms with Gasteiger partial charge in [0.05, 0.1) is 29.1 Å². The van der Waals surface area contributed by atoms with Crippen molar-refractivity contribution >= 4 is 27.2 Å². The second-order valence-corrected chi connectivity index (χ2v) is 6.95. The van der Waals surface area contributed by atoms with Gasteiger partial charge in [0.15, 0.2) is 9.84 Å². The Bertz CT molecular complexity index is 685. The van der Waals surface area contributed by atoms with Crippen LogP contribution in [-0.2, 0) is 14.6 Å². The van der Waals surface area contributed by atoms with Crippen LogP contribution >= 0.6 is 0 Å². The number of sulfone groups is 1. The summed E-state index contributed by atoms with van der Waals surface area (Å²) >= 11 is 0. The number of ether oxygens (including phenoxy) is 1. The summed E-state index contributed by atoms with van der Waals surface area (Å²) in [7, 11) is -1.90. The van der Waals surface area contributed by atoms with E-state index in [4.69, 9.17) is 0 Å². The van der Waals surface area contributed by atoms with Crippen molar-refractivity contribution in [2.24, 2.45) is 0 Å². The van der Waals surface area contributed by atoms with E-state index in [2.05, 4.69) is 10.1 Å². The number of nitrogens with one attached hydrogen (secondary N) is 1. The van der Waals surface area contributed by atoms with E-state index in [0.717, 1.165) is 0 Å². The fourth-order valence-electron chi connectivity index (χ4n) is 2.18. The Hall–Kier alpha value is -2.16. The molecule has 21 heavy (non-hydrogen) atoms. The van der Waals surface area contributed by atoms with Crippen LogP contribution in [0, 0.1) is 10.1 Å². The normalized spacial score (nSPS) is 20.0. The van der Waals surface area contributed by atoms with Crippen LogP contribution in [0.2, 0.25) is 0 Å². The Kier molecular flexibility index (Phi) is 4.12. The molecular weight excluding hydrogens is 300 g/mol. The molecule has 1 saturated heterocycles. The van der Waals surface area contributed by atoms with Gasteiger partial charge < -0.3 is 10.1 Å². The van der Waals surface area contributed by atoms with Crippen molar-refractivity contribution in [3.8, 4) is 0 Å². The van der Waals surface area contributed by atoms with Gasteiger partial charge >= 0.3 is 5.97 Å². The van der Waals surface area contributed by atoms with Gasteiger partial charge in [-0.1, -0.05) is 0 Å². The first-order valence-electron chi connectivity index (χ1n) is 6.16. The SMILES string of the molecule is COC(=O)c1ccc([N+](=O)[O-])c(NC2CCS(=O)(=O)C2)c1. The number of esters is 1. The maximum Gasteiger partial charge on any atom is 0.337 e. The zero-order valence-corrected chi connectivity index (χ0v) is 12.1. The molecule has 1 N–H and O–H groups in total. The van der Waals surface area contributed by atoms with E-state index in [-0.39, 0.29) is 28.4 Å². The molecule has 1 unspecified atom stereocenters. The molecule has 1 aromatic rings. The molecular formula is C12H14N2O6S. The van der Waals surface area contributed by atoms with Crippen LogP contribution in [0.5, 0.6) is 0 Å². The number of anilines is 1. The third-order valence-electron chi connectivity index (χ3n) is 3.21. The number of hydrogen-bond acceptors (Lipinski definition) is 7. The minimum absolute atomic E-state index is 0.0508. The van der Waals surface area contributed by atoms with Crippen LogP contribution in [0.4, 0.5) is 11.4 Å². The molecule has 0 aromatic heterocycles. The predicted molar refractivity (Wildman–Crippen MR) is 75.1 cm³/mol. The van der Waals surface area contributed by atoms with Crippen molar-refractivity contribution in [2.75, 3.05) is 23.9 Å². The molecule has 1 fully saturated rings. The number of carbonyl (C=O) groups excluding carboxylic acids is 1. The van der Waals surface area contributed by atoms with Gasteiger partial charge in [0.2, 0.25) is 0 Å². The molecule has 0 radical (unpaired) electrons. The topological polar surface area (TPSA) is 116 Å². The summed E-state index contributed by atoms with van der Waals surface area (Å²) in [6.45, 7) is 0. The van der Waals surface area contributed by atoms with Crippen molar-refractivity contribution in [3.05, 3.63) is 33.9 Å². The molecule has 0 bridgehead atoms. The summed E-state index contributed by atoms with van der Waals surface area (Å²) in [6, 6.07) is 3.38. The van der Waals surface area contributed by atoms with Gasteiger partial charge in [-0.25, -0.2) is 13.2 Å². The van der Waals surface area contributed by atoms with Crippen LogP contribution in [0.3, 0.4) is 0 Å². The monoisotopic (exact) mass is 314 g/mol. The summed E-state index contributed by atoms with van der Waals surface area (Å²) in [5.41, 5.74) is 0.0587. The van der Waals surface area contributed by atoms with Gasteiger partial charge in [-0.3, -0.25) is 10.1 Å². The Balaban J connectivity index is 2.31. The van der Waals surface area contributed by atoms with Crippen molar-refractivity contribution in [1.82, 2.24) is 0 Å². The number of hydrogen-bond donors (Lipinski definition) is 1. The fourth-order valence-corrected chi connectivity index (χ4v) is 3.86. The van der Waals surface area contributed by atoms with Crippen LogP contribution < -0.4 is 5.32 Å². The standard InChI is InChI=1S/C12H14N2O6S/c1-20-12(15)8-2-3-11(14(16)17)10(6-8)13-9-4-5-21(18,19)7-9/h2-3,6,9,13H,4-5,7H2,1H3. The van der Waals surface area contributed by atoms with Crippen molar-refractivity contribution in [3.63, 3.8) is 0 Å². The van der Waals surface area contributed by atoms with E-state index in [1.807, 2.05) is 0 Å². The lowest BCUT2D eigenvalue weighted by atomic mass is 10.1. The number of rotatable bonds is 4. The maximum atomic E-state index is 11.5. The Morgan fingerprint density at radius 2 is 2.19 bits per heavy atom. The third-order valence-corrected chi connectivity index (χ3v) is 4.97. The molecule has 9 heteroatoms. The molecule has 0 aliphatic carbocycles. The summed E-state index contributed by atoms with van der Waals surface area (Å²) in [5.74, 6) is -0.645. The van der Waals surface area contributed by atoms with Crippen LogP contribution in [-0.4, -0.2) is 44.0 Å². The Morgan fingerprint density at radius 1 is 1.48 bits per heavy atom. The van der Waals surface area contributed by atoms with Crippen molar-refractivity contribution in [2.45, 2.75) is 12.5 Å². The number of carbonyl (C=O) groups is 1. The lowest BCUT2D eigenvalue weighted by Gasteiger charge is -2.13. The van der Waals surface area contributed by atoms with E-state index < -0.39 is 26.8 Å². The van der Waals surface area contributed by atoms with Crippen molar-refractivity contribution < 1.29 is 22.9 Å². The number of nitro benzene ring substituents is 1. The van der Waals surface area contributed by atoms with Gasteiger partial charge in [0.1, 0.15) is 5.69 Å². The molecule has 2 rings (SSSR count). The lowest BCUT2D eigenvalue weighted by Crippen LogP contribution is -2.21. The van der Waals surface area contributed by atoms with E-state index in [0.29, 0.717) is 6.42 Å². The second kappa shape index (κ2) is 5.68. The van der Waals surface area contributed by atoms with Crippen LogP contribution in [0.15, 0.2) is 18.2 Å². The van der Waals surface area contributed by atoms with Crippen LogP contribution in [0.25, 0.3) is 0 Å². The van der Waals surface area contributed by atoms with E-state index >= 15 is 0 Å². The highest BCUT2D eigenvalue weighted by Gasteiger charge is 2.29. The largest absolute Gasteiger partial charge is 0.465 e. The number of nitrogens with zero attached hydrogens (tertiary/aromatic N) is 1. The van der Waals surface area contributed by atoms with Gasteiger partial charge in [-0.15, -0.1) is 0 Å². The van der Waals surface area contributed by atoms with Gasteiger partial charge in [0, 0.05) is 12.1 Å².